The van der Waals surface area contributed by atoms with Crippen molar-refractivity contribution in [1.29, 1.82) is 0 Å². The number of carbonyl (C=O) groups is 13. The van der Waals surface area contributed by atoms with E-state index in [4.69, 9.17) is 82.5 Å². The third-order valence-electron chi connectivity index (χ3n) is 23.2. The number of esters is 2. The van der Waals surface area contributed by atoms with Gasteiger partial charge in [-0.15, -0.1) is 103 Å². The topological polar surface area (TPSA) is 560 Å². The minimum absolute atomic E-state index is 0. The Labute approximate surface area is 908 Å². The normalized spacial score (nSPS) is 26.5. The number of carboxylic acid groups (broad SMARTS) is 1. The lowest BCUT2D eigenvalue weighted by molar-refractivity contribution is -0.157. The number of hydrogen-bond acceptors (Lipinski definition) is 32. The van der Waals surface area contributed by atoms with Gasteiger partial charge in [-0.05, 0) is 322 Å². The van der Waals surface area contributed by atoms with Gasteiger partial charge >= 0.3 is 48.4 Å². The smallest absolute Gasteiger partial charge is 0.407 e. The molecule has 15 N–H and O–H groups in total. The molecule has 5 heterocycles. The highest BCUT2D eigenvalue weighted by molar-refractivity contribution is 7.09. The zero-order valence-electron chi connectivity index (χ0n) is 89.1. The Hall–Kier alpha value is -7.65. The number of hydrogen-bond donors (Lipinski definition) is 12. The Kier molecular flexibility index (Phi) is 71.2. The SMILES string of the molecule is C1CCOC1.C1CCOC1.C1CCOC1.CC(C)(C)OC(=O)NC1CCC(F)(C(=O)NCC=O)CC1.CC(C)(C)OC(=O)NC1CCC(F)(C(=O)NCC=O)CC1.CC(C)(C)OC(=O)NC1CCC(F)(C(=O)O)CC1.CC(C)(C)OC(=O)NC1CCC(F)(c2nncs2)CC1.COC(=O)C1(F)CCC(N)CC1.COC(=O)C1(F)CCC(NC(=O)OC(C)(C)C)CC1.Cl.Cl.Cl.ClCCl.NC1CCC(F)(c2nncs2)CC1.NNC=O. The second-order valence-corrected chi connectivity index (χ2v) is 43.9. The van der Waals surface area contributed by atoms with Gasteiger partial charge in [-0.3, -0.25) is 19.8 Å². The number of rotatable bonds is 17. The van der Waals surface area contributed by atoms with Crippen LogP contribution in [0.1, 0.15) is 332 Å². The van der Waals surface area contributed by atoms with Gasteiger partial charge in [-0.1, -0.05) is 0 Å². The summed E-state index contributed by atoms with van der Waals surface area (Å²) in [4.78, 5) is 143. The van der Waals surface area contributed by atoms with Gasteiger partial charge in [0.15, 0.2) is 32.7 Å². The Morgan fingerprint density at radius 1 is 0.389 bits per heavy atom. The zero-order chi connectivity index (χ0) is 111. The number of halogens is 12. The molecule has 8 amide bonds. The van der Waals surface area contributed by atoms with Crippen molar-refractivity contribution in [2.24, 2.45) is 17.3 Å². The maximum Gasteiger partial charge on any atom is 0.407 e. The van der Waals surface area contributed by atoms with Gasteiger partial charge in [-0.25, -0.2) is 74.9 Å². The molecule has 3 saturated heterocycles. The molecule has 7 aliphatic carbocycles. The minimum Gasteiger partial charge on any atom is -0.479 e. The molecule has 12 rings (SSSR count). The first-order valence-corrected chi connectivity index (χ1v) is 52.3. The van der Waals surface area contributed by atoms with Crippen LogP contribution in [0, 0.1) is 0 Å². The van der Waals surface area contributed by atoms with Gasteiger partial charge in [0, 0.05) is 81.9 Å². The second kappa shape index (κ2) is 72.9. The molecule has 0 unspecified atom stereocenters. The predicted octanol–water partition coefficient (Wildman–Crippen LogP) is 16.8. The van der Waals surface area contributed by atoms with Gasteiger partial charge in [0.05, 0.1) is 32.6 Å². The number of amides is 8. The molecule has 0 spiro atoms. The third-order valence-corrected chi connectivity index (χ3v) is 24.9. The van der Waals surface area contributed by atoms with Gasteiger partial charge < -0.3 is 111 Å². The highest BCUT2D eigenvalue weighted by Gasteiger charge is 2.49. The van der Waals surface area contributed by atoms with Crippen LogP contribution in [0.2, 0.25) is 0 Å². The van der Waals surface area contributed by atoms with E-state index in [1.165, 1.54) is 75.4 Å². The van der Waals surface area contributed by atoms with Crippen LogP contribution in [0.3, 0.4) is 0 Å². The third kappa shape index (κ3) is 63.7. The molecule has 2 aromatic rings. The van der Waals surface area contributed by atoms with E-state index in [-0.39, 0.29) is 162 Å². The van der Waals surface area contributed by atoms with E-state index in [0.717, 1.165) is 52.5 Å². The number of aldehydes is 2. The number of aromatic nitrogens is 4. The molecular weight excluding hydrogens is 2120 g/mol. The van der Waals surface area contributed by atoms with E-state index in [0.29, 0.717) is 132 Å². The molecule has 3 aliphatic heterocycles. The van der Waals surface area contributed by atoms with Crippen molar-refractivity contribution >= 4 is 162 Å². The molecule has 0 radical (unpaired) electrons. The first kappa shape index (κ1) is 145. The minimum atomic E-state index is -2.15. The number of alkyl halides is 9. The first-order valence-electron chi connectivity index (χ1n) is 49.4. The quantitative estimate of drug-likeness (QED) is 0.0102. The number of methoxy groups -OCH3 is 2. The lowest BCUT2D eigenvalue weighted by Crippen LogP contribution is -2.50. The van der Waals surface area contributed by atoms with Crippen molar-refractivity contribution < 1.29 is 146 Å². The van der Waals surface area contributed by atoms with Gasteiger partial charge in [-0.2, -0.15) is 0 Å². The van der Waals surface area contributed by atoms with E-state index in [2.05, 4.69) is 72.9 Å². The van der Waals surface area contributed by atoms with Crippen LogP contribution < -0.4 is 60.0 Å². The summed E-state index contributed by atoms with van der Waals surface area (Å²) >= 11 is 12.1. The highest BCUT2D eigenvalue weighted by atomic mass is 35.5. The molecule has 10 aliphatic rings. The molecule has 0 aromatic carbocycles. The summed E-state index contributed by atoms with van der Waals surface area (Å²) in [6.45, 7) is 32.2. The average molecular weight is 2290 g/mol. The number of aliphatic carboxylic acids is 1. The molecule has 149 heavy (non-hydrogen) atoms. The maximum absolute atomic E-state index is 14.7. The van der Waals surface area contributed by atoms with Crippen LogP contribution >= 0.6 is 83.1 Å². The van der Waals surface area contributed by atoms with Crippen LogP contribution in [-0.2, 0) is 97.1 Å². The molecular formula is C96H167Cl5F7N15O24S2. The first-order chi connectivity index (χ1) is 68.0. The largest absolute Gasteiger partial charge is 0.479 e. The van der Waals surface area contributed by atoms with Crippen molar-refractivity contribution in [3.05, 3.63) is 21.0 Å². The molecule has 2 aromatic heterocycles. The van der Waals surface area contributed by atoms with Crippen molar-refractivity contribution in [1.82, 2.24) is 63.0 Å². The van der Waals surface area contributed by atoms with Crippen molar-refractivity contribution in [3.63, 3.8) is 0 Å². The summed E-state index contributed by atoms with van der Waals surface area (Å²) < 4.78 is 148. The summed E-state index contributed by atoms with van der Waals surface area (Å²) in [5.74, 6) is -0.112. The highest BCUT2D eigenvalue weighted by Crippen LogP contribution is 2.44. The predicted molar refractivity (Wildman–Crippen MR) is 557 cm³/mol. The second-order valence-electron chi connectivity index (χ2n) is 41.4. The van der Waals surface area contributed by atoms with Crippen LogP contribution in [0.5, 0.6) is 0 Å². The molecule has 39 nitrogen and oxygen atoms in total. The molecule has 53 heteroatoms. The van der Waals surface area contributed by atoms with E-state index in [1.54, 1.807) is 99.5 Å². The fraction of sp³-hybridized carbons (Fsp3) is 0.823. The van der Waals surface area contributed by atoms with Crippen molar-refractivity contribution in [2.45, 2.75) is 432 Å². The molecule has 10 fully saturated rings. The number of nitrogens with zero attached hydrogens (tertiary/aromatic N) is 4. The number of ether oxygens (including phenoxy) is 10. The number of alkyl carbamates (subject to hydrolysis) is 5. The Morgan fingerprint density at radius 2 is 0.591 bits per heavy atom. The maximum atomic E-state index is 14.7. The fourth-order valence-corrected chi connectivity index (χ4v) is 16.8. The van der Waals surface area contributed by atoms with Gasteiger partial charge in [0.1, 0.15) is 51.6 Å². The van der Waals surface area contributed by atoms with Gasteiger partial charge in [0.25, 0.3) is 11.8 Å². The monoisotopic (exact) mass is 2290 g/mol. The summed E-state index contributed by atoms with van der Waals surface area (Å²) in [6.07, 6.45) is 15.2. The van der Waals surface area contributed by atoms with E-state index >= 15 is 0 Å². The molecule has 0 atom stereocenters. The summed E-state index contributed by atoms with van der Waals surface area (Å²) in [7, 11) is 2.38. The fourth-order valence-electron chi connectivity index (χ4n) is 15.4. The number of nitrogens with two attached hydrogens (primary N) is 3. The Balaban J connectivity index is -0.00000161. The molecule has 7 saturated carbocycles. The Bertz CT molecular complexity index is 3970. The number of carbonyl (C=O) groups excluding carboxylic acids is 12. The van der Waals surface area contributed by atoms with E-state index < -0.39 is 128 Å². The van der Waals surface area contributed by atoms with Crippen LogP contribution in [0.25, 0.3) is 0 Å². The summed E-state index contributed by atoms with van der Waals surface area (Å²) in [6, 6.07) is -0.631. The van der Waals surface area contributed by atoms with Crippen molar-refractivity contribution in [3.8, 4) is 0 Å². The standard InChI is InChI=1S/2C14H23FN2O4.C13H20FN3O2S.C13H22FNO4.C12H20FNO4.C8H12FN3S.C8H14FNO2.3C4H8O.CH2Cl2.CH4N2O.3ClH/c2*1-13(2,3)21-12(20)17-10-4-6-14(15,7-5-10)11(19)16-8-9-18;1-12(2,3)19-11(18)16-9-4-6-13(14,7-5-9)10-17-15-8-20-10;1-12(2,3)19-11(17)15-9-5-7-13(14,8-6-9)10(16)18-4;1-11(2,3)18-10(17)14-8-4-6-12(13,7-5-8)9(15)16;9-8(7-12-11-5-13-7)3-1-6(10)2-4-8;1-12-7(11)8(9)4-2-6(10)3-5-8;3*1-2-4-5-3-1;2-1-3;2-3-1-4;;;/h2*9-10H,4-8H2,1-3H3,(H,16,19)(H,17,20);8-9H,4-7H2,1-3H3,(H,16,18);9H,5-8H2,1-4H3,(H,15,17);8H,4-7H2,1-3H3,(H,14,17)(H,15,16);5-6H,1-4,10H2;6H,2-5,10H2,1H3;3*1-4H2;1H2;1H,2H2,(H,3,4);3*1H. The lowest BCUT2D eigenvalue weighted by atomic mass is 9.83. The Morgan fingerprint density at radius 3 is 0.772 bits per heavy atom. The number of carboxylic acids is 1. The molecule has 866 valence electrons. The van der Waals surface area contributed by atoms with Crippen LogP contribution in [0.4, 0.5) is 54.7 Å². The number of hydrazine groups is 1. The van der Waals surface area contributed by atoms with Gasteiger partial charge in [0.2, 0.25) is 23.4 Å². The lowest BCUT2D eigenvalue weighted by Gasteiger charge is -2.33. The van der Waals surface area contributed by atoms with Crippen LogP contribution in [-0.4, -0.2) is 276 Å². The summed E-state index contributed by atoms with van der Waals surface area (Å²) in [5.41, 5.74) is 0.915. The zero-order valence-corrected chi connectivity index (χ0v) is 94.7. The van der Waals surface area contributed by atoms with E-state index in [1.807, 2.05) is 20.8 Å². The average Bonchev–Trinajstić information content (AvgIpc) is 1.56. The summed E-state index contributed by atoms with van der Waals surface area (Å²) in [5, 5.41) is 42.8. The van der Waals surface area contributed by atoms with E-state index in [9.17, 15) is 88.3 Å². The number of nitrogens with one attached hydrogen (secondary N) is 8. The van der Waals surface area contributed by atoms with Crippen molar-refractivity contribution in [2.75, 3.05) is 72.3 Å². The van der Waals surface area contributed by atoms with Crippen LogP contribution in [0.15, 0.2) is 11.0 Å². The molecule has 0 bridgehead atoms.